The van der Waals surface area contributed by atoms with E-state index in [-0.39, 0.29) is 6.42 Å². The van der Waals surface area contributed by atoms with E-state index in [1.807, 2.05) is 50.3 Å². The Morgan fingerprint density at radius 3 is 2.55 bits per heavy atom. The minimum Gasteiger partial charge on any atom is -0.481 e. The maximum atomic E-state index is 11.2. The summed E-state index contributed by atoms with van der Waals surface area (Å²) in [5.41, 5.74) is 0.142. The van der Waals surface area contributed by atoms with E-state index < -0.39 is 17.0 Å². The van der Waals surface area contributed by atoms with Crippen LogP contribution in [0.15, 0.2) is 35.9 Å². The largest absolute Gasteiger partial charge is 0.481 e. The van der Waals surface area contributed by atoms with Crippen LogP contribution >= 0.6 is 0 Å². The lowest BCUT2D eigenvalue weighted by Crippen LogP contribution is -2.50. The topological polar surface area (TPSA) is 57.5 Å². The lowest BCUT2D eigenvalue weighted by molar-refractivity contribution is -0.147. The van der Waals surface area contributed by atoms with Crippen LogP contribution in [0.5, 0.6) is 0 Å². The number of rotatable bonds is 3. The number of carboxylic acids is 1. The van der Waals surface area contributed by atoms with Gasteiger partial charge in [-0.3, -0.25) is 4.79 Å². The molecule has 1 aromatic carbocycles. The molecule has 1 fully saturated rings. The Hall–Kier alpha value is -1.61. The summed E-state index contributed by atoms with van der Waals surface area (Å²) in [4.78, 5) is 11.2. The number of aliphatic carboxylic acids is 1. The van der Waals surface area contributed by atoms with Gasteiger partial charge in [-0.2, -0.15) is 0 Å². The molecule has 1 unspecified atom stereocenters. The van der Waals surface area contributed by atoms with Crippen molar-refractivity contribution in [3.8, 4) is 0 Å². The van der Waals surface area contributed by atoms with Crippen molar-refractivity contribution in [1.82, 2.24) is 0 Å². The van der Waals surface area contributed by atoms with Crippen LogP contribution in [-0.4, -0.2) is 21.8 Å². The van der Waals surface area contributed by atoms with E-state index in [1.54, 1.807) is 0 Å². The van der Waals surface area contributed by atoms with Gasteiger partial charge in [0.2, 0.25) is 0 Å². The minimum atomic E-state index is -1.27. The number of carbonyl (C=O) groups is 1. The van der Waals surface area contributed by atoms with Gasteiger partial charge < -0.3 is 10.2 Å². The monoisotopic (exact) mass is 274 g/mol. The van der Waals surface area contributed by atoms with Crippen LogP contribution in [0.4, 0.5) is 0 Å². The van der Waals surface area contributed by atoms with Crippen molar-refractivity contribution >= 4 is 12.0 Å². The van der Waals surface area contributed by atoms with Crippen LogP contribution in [0.1, 0.15) is 45.1 Å². The molecule has 1 aliphatic rings. The fraction of sp³-hybridized carbons (Fsp3) is 0.471. The van der Waals surface area contributed by atoms with E-state index in [0.29, 0.717) is 0 Å². The highest BCUT2D eigenvalue weighted by Crippen LogP contribution is 2.49. The van der Waals surface area contributed by atoms with Crippen molar-refractivity contribution in [2.45, 2.75) is 45.1 Å². The van der Waals surface area contributed by atoms with Gasteiger partial charge in [-0.15, -0.1) is 0 Å². The smallest absolute Gasteiger partial charge is 0.306 e. The van der Waals surface area contributed by atoms with Gasteiger partial charge in [0.1, 0.15) is 5.60 Å². The molecule has 1 saturated carbocycles. The number of benzene rings is 1. The van der Waals surface area contributed by atoms with Gasteiger partial charge in [-0.25, -0.2) is 0 Å². The second-order valence-electron chi connectivity index (χ2n) is 6.25. The molecular weight excluding hydrogens is 252 g/mol. The fourth-order valence-corrected chi connectivity index (χ4v) is 3.08. The highest BCUT2D eigenvalue weighted by atomic mass is 16.4. The Kier molecular flexibility index (Phi) is 4.00. The third kappa shape index (κ3) is 2.78. The summed E-state index contributed by atoms with van der Waals surface area (Å²) in [5, 5.41) is 20.2. The first-order chi connectivity index (χ1) is 9.35. The maximum absolute atomic E-state index is 11.2. The van der Waals surface area contributed by atoms with E-state index >= 15 is 0 Å². The molecule has 0 aromatic heterocycles. The Morgan fingerprint density at radius 2 is 1.95 bits per heavy atom. The molecule has 0 bridgehead atoms. The summed E-state index contributed by atoms with van der Waals surface area (Å²) in [6, 6.07) is 9.76. The van der Waals surface area contributed by atoms with Crippen LogP contribution in [0.25, 0.3) is 6.08 Å². The molecule has 108 valence electrons. The molecule has 2 rings (SSSR count). The molecule has 20 heavy (non-hydrogen) atoms. The average Bonchev–Trinajstić information content (AvgIpc) is 2.36. The zero-order chi connectivity index (χ0) is 14.8. The van der Waals surface area contributed by atoms with Crippen LogP contribution in [0.3, 0.4) is 0 Å². The highest BCUT2D eigenvalue weighted by Gasteiger charge is 2.49. The van der Waals surface area contributed by atoms with Crippen LogP contribution < -0.4 is 0 Å². The summed E-state index contributed by atoms with van der Waals surface area (Å²) in [5.74, 6) is -0.957. The van der Waals surface area contributed by atoms with Gasteiger partial charge in [0, 0.05) is 0 Å². The Morgan fingerprint density at radius 1 is 1.30 bits per heavy atom. The zero-order valence-electron chi connectivity index (χ0n) is 12.1. The summed E-state index contributed by atoms with van der Waals surface area (Å²) in [7, 11) is 0. The predicted molar refractivity (Wildman–Crippen MR) is 79.3 cm³/mol. The van der Waals surface area contributed by atoms with E-state index in [4.69, 9.17) is 5.11 Å². The van der Waals surface area contributed by atoms with E-state index in [0.717, 1.165) is 30.4 Å². The first-order valence-electron chi connectivity index (χ1n) is 7.05. The van der Waals surface area contributed by atoms with Crippen molar-refractivity contribution in [3.63, 3.8) is 0 Å². The normalized spacial score (nSPS) is 27.4. The first kappa shape index (κ1) is 14.8. The molecule has 2 N–H and O–H groups in total. The van der Waals surface area contributed by atoms with Crippen LogP contribution in [0.2, 0.25) is 0 Å². The maximum Gasteiger partial charge on any atom is 0.306 e. The van der Waals surface area contributed by atoms with Gasteiger partial charge >= 0.3 is 5.97 Å². The summed E-state index contributed by atoms with van der Waals surface area (Å²) in [6.45, 7) is 3.90. The second kappa shape index (κ2) is 5.41. The van der Waals surface area contributed by atoms with E-state index in [2.05, 4.69) is 0 Å². The number of hydrogen-bond donors (Lipinski definition) is 2. The third-order valence-corrected chi connectivity index (χ3v) is 4.45. The van der Waals surface area contributed by atoms with Gasteiger partial charge in [-0.05, 0) is 35.8 Å². The Balaban J connectivity index is 2.43. The molecule has 1 aliphatic carbocycles. The highest BCUT2D eigenvalue weighted by molar-refractivity contribution is 5.71. The molecule has 1 atom stereocenters. The van der Waals surface area contributed by atoms with Gasteiger partial charge in [0.15, 0.2) is 0 Å². The SMILES string of the molecule is CC1(C)CCCC(=Cc2ccccc2)C1(O)CC(=O)O. The lowest BCUT2D eigenvalue weighted by Gasteiger charge is -2.47. The molecule has 3 nitrogen and oxygen atoms in total. The van der Waals surface area contributed by atoms with Gasteiger partial charge in [0.25, 0.3) is 0 Å². The lowest BCUT2D eigenvalue weighted by atomic mass is 9.61. The Labute approximate surface area is 120 Å². The minimum absolute atomic E-state index is 0.237. The number of aliphatic hydroxyl groups is 1. The van der Waals surface area contributed by atoms with Gasteiger partial charge in [0.05, 0.1) is 6.42 Å². The fourth-order valence-electron chi connectivity index (χ4n) is 3.08. The summed E-state index contributed by atoms with van der Waals surface area (Å²) < 4.78 is 0. The average molecular weight is 274 g/mol. The molecule has 0 heterocycles. The molecule has 3 heteroatoms. The Bertz CT molecular complexity index is 516. The van der Waals surface area contributed by atoms with Crippen molar-refractivity contribution in [3.05, 3.63) is 41.5 Å². The van der Waals surface area contributed by atoms with E-state index in [9.17, 15) is 9.90 Å². The van der Waals surface area contributed by atoms with Crippen molar-refractivity contribution in [2.24, 2.45) is 5.41 Å². The number of hydrogen-bond acceptors (Lipinski definition) is 2. The quantitative estimate of drug-likeness (QED) is 0.887. The standard InChI is InChI=1S/C17H22O3/c1-16(2)10-6-9-14(17(16,20)12-15(18)19)11-13-7-4-3-5-8-13/h3-5,7-8,11,20H,6,9-10,12H2,1-2H3,(H,18,19). The van der Waals surface area contributed by atoms with Gasteiger partial charge in [-0.1, -0.05) is 50.3 Å². The number of carboxylic acid groups (broad SMARTS) is 1. The first-order valence-corrected chi connectivity index (χ1v) is 7.05. The van der Waals surface area contributed by atoms with Crippen molar-refractivity contribution in [2.75, 3.05) is 0 Å². The molecule has 0 radical (unpaired) electrons. The van der Waals surface area contributed by atoms with Crippen LogP contribution in [-0.2, 0) is 4.79 Å². The molecule has 0 spiro atoms. The zero-order valence-corrected chi connectivity index (χ0v) is 12.1. The van der Waals surface area contributed by atoms with Crippen molar-refractivity contribution in [1.29, 1.82) is 0 Å². The molecule has 0 saturated heterocycles. The third-order valence-electron chi connectivity index (χ3n) is 4.45. The molecular formula is C17H22O3. The molecule has 0 amide bonds. The van der Waals surface area contributed by atoms with Crippen molar-refractivity contribution < 1.29 is 15.0 Å². The van der Waals surface area contributed by atoms with E-state index in [1.165, 1.54) is 0 Å². The predicted octanol–water partition coefficient (Wildman–Crippen LogP) is 3.49. The summed E-state index contributed by atoms with van der Waals surface area (Å²) >= 11 is 0. The van der Waals surface area contributed by atoms with Crippen LogP contribution in [0, 0.1) is 5.41 Å². The molecule has 0 aliphatic heterocycles. The summed E-state index contributed by atoms with van der Waals surface area (Å²) in [6.07, 6.45) is 4.28. The second-order valence-corrected chi connectivity index (χ2v) is 6.25. The molecule has 1 aromatic rings.